The van der Waals surface area contributed by atoms with Gasteiger partial charge in [-0.3, -0.25) is 4.79 Å². The minimum Gasteiger partial charge on any atom is -0.376 e. The first-order valence-corrected chi connectivity index (χ1v) is 11.2. The maximum absolute atomic E-state index is 12.8. The van der Waals surface area contributed by atoms with Gasteiger partial charge in [-0.2, -0.15) is 11.8 Å². The number of thioether (sulfide) groups is 2. The molecule has 2 unspecified atom stereocenters. The molecule has 0 spiro atoms. The highest BCUT2D eigenvalue weighted by Crippen LogP contribution is 2.25. The second kappa shape index (κ2) is 9.37. The number of rotatable bonds is 7. The first kappa shape index (κ1) is 18.4. The van der Waals surface area contributed by atoms with Crippen LogP contribution in [0.4, 0.5) is 0 Å². The van der Waals surface area contributed by atoms with Crippen molar-refractivity contribution < 1.29 is 9.53 Å². The first-order valence-electron chi connectivity index (χ1n) is 8.53. The van der Waals surface area contributed by atoms with E-state index in [9.17, 15) is 4.79 Å². The fraction of sp³-hybridized carbons (Fsp3) is 0.611. The predicted octanol–water partition coefficient (Wildman–Crippen LogP) is 4.09. The fourth-order valence-electron chi connectivity index (χ4n) is 3.15. The molecule has 0 aliphatic carbocycles. The number of ether oxygens (including phenoxy) is 1. The van der Waals surface area contributed by atoms with Crippen LogP contribution in [0.2, 0.25) is 5.02 Å². The van der Waals surface area contributed by atoms with Crippen molar-refractivity contribution in [2.75, 3.05) is 30.4 Å². The van der Waals surface area contributed by atoms with Crippen molar-refractivity contribution in [3.63, 3.8) is 0 Å². The average molecular weight is 386 g/mol. The molecule has 2 aliphatic rings. The molecule has 24 heavy (non-hydrogen) atoms. The number of halogens is 1. The average Bonchev–Trinajstić information content (AvgIpc) is 3.28. The van der Waals surface area contributed by atoms with Gasteiger partial charge in [0, 0.05) is 35.7 Å². The zero-order valence-corrected chi connectivity index (χ0v) is 16.2. The van der Waals surface area contributed by atoms with Gasteiger partial charge >= 0.3 is 0 Å². The van der Waals surface area contributed by atoms with E-state index in [0.717, 1.165) is 54.7 Å². The zero-order valence-electron chi connectivity index (χ0n) is 13.8. The van der Waals surface area contributed by atoms with Crippen LogP contribution in [0.1, 0.15) is 24.8 Å². The third-order valence-electron chi connectivity index (χ3n) is 4.50. The molecule has 0 saturated carbocycles. The second-order valence-corrected chi connectivity index (χ2v) is 8.89. The molecule has 3 nitrogen and oxygen atoms in total. The van der Waals surface area contributed by atoms with E-state index in [1.807, 2.05) is 36.0 Å². The summed E-state index contributed by atoms with van der Waals surface area (Å²) in [5.74, 6) is 3.88. The van der Waals surface area contributed by atoms with Crippen LogP contribution in [0.5, 0.6) is 0 Å². The molecule has 132 valence electrons. The number of hydrogen-bond donors (Lipinski definition) is 0. The van der Waals surface area contributed by atoms with Crippen molar-refractivity contribution in [3.8, 4) is 0 Å². The van der Waals surface area contributed by atoms with Gasteiger partial charge in [0.25, 0.3) is 0 Å². The third kappa shape index (κ3) is 5.32. The molecule has 2 atom stereocenters. The van der Waals surface area contributed by atoms with Gasteiger partial charge in [-0.15, -0.1) is 11.8 Å². The lowest BCUT2D eigenvalue weighted by molar-refractivity contribution is -0.131. The quantitative estimate of drug-likeness (QED) is 0.707. The third-order valence-corrected chi connectivity index (χ3v) is 6.88. The lowest BCUT2D eigenvalue weighted by Crippen LogP contribution is -2.45. The molecule has 0 aromatic heterocycles. The van der Waals surface area contributed by atoms with Crippen LogP contribution >= 0.6 is 35.1 Å². The topological polar surface area (TPSA) is 29.5 Å². The minimum atomic E-state index is 0.237. The van der Waals surface area contributed by atoms with E-state index >= 15 is 0 Å². The van der Waals surface area contributed by atoms with Crippen LogP contribution in [0.15, 0.2) is 24.3 Å². The monoisotopic (exact) mass is 385 g/mol. The van der Waals surface area contributed by atoms with Crippen LogP contribution in [-0.2, 0) is 15.3 Å². The SMILES string of the molecule is O=C(CSCc1ccc(Cl)cc1)N(CC1CCCO1)C1CCSC1. The largest absolute Gasteiger partial charge is 0.376 e. The molecule has 0 radical (unpaired) electrons. The van der Waals surface area contributed by atoms with E-state index in [-0.39, 0.29) is 12.0 Å². The number of benzene rings is 1. The van der Waals surface area contributed by atoms with E-state index < -0.39 is 0 Å². The summed E-state index contributed by atoms with van der Waals surface area (Å²) in [5, 5.41) is 0.751. The molecule has 1 aromatic rings. The Morgan fingerprint density at radius 2 is 2.17 bits per heavy atom. The lowest BCUT2D eigenvalue weighted by Gasteiger charge is -2.30. The van der Waals surface area contributed by atoms with E-state index in [2.05, 4.69) is 4.90 Å². The molecule has 2 heterocycles. The number of nitrogens with zero attached hydrogens (tertiary/aromatic N) is 1. The van der Waals surface area contributed by atoms with Gasteiger partial charge in [-0.25, -0.2) is 0 Å². The normalized spacial score (nSPS) is 23.5. The van der Waals surface area contributed by atoms with Crippen LogP contribution in [-0.4, -0.2) is 53.4 Å². The Balaban J connectivity index is 1.51. The van der Waals surface area contributed by atoms with E-state index in [1.54, 1.807) is 11.8 Å². The fourth-order valence-corrected chi connectivity index (χ4v) is 5.37. The van der Waals surface area contributed by atoms with Crippen LogP contribution in [0.3, 0.4) is 0 Å². The summed E-state index contributed by atoms with van der Waals surface area (Å²) in [5.41, 5.74) is 1.21. The van der Waals surface area contributed by atoms with Gasteiger partial charge in [-0.1, -0.05) is 23.7 Å². The van der Waals surface area contributed by atoms with Crippen LogP contribution < -0.4 is 0 Å². The molecule has 2 fully saturated rings. The molecule has 1 amide bonds. The first-order chi connectivity index (χ1) is 11.7. The molecule has 0 N–H and O–H groups in total. The van der Waals surface area contributed by atoms with Gasteiger partial charge < -0.3 is 9.64 Å². The molecular formula is C18H24ClNO2S2. The second-order valence-electron chi connectivity index (χ2n) is 6.32. The smallest absolute Gasteiger partial charge is 0.232 e. The molecule has 2 saturated heterocycles. The summed E-state index contributed by atoms with van der Waals surface area (Å²) >= 11 is 9.55. The summed E-state index contributed by atoms with van der Waals surface area (Å²) in [6, 6.07) is 8.25. The van der Waals surface area contributed by atoms with Gasteiger partial charge in [0.1, 0.15) is 0 Å². The Bertz CT molecular complexity index is 528. The van der Waals surface area contributed by atoms with Crippen LogP contribution in [0.25, 0.3) is 0 Å². The number of carbonyl (C=O) groups excluding carboxylic acids is 1. The summed E-state index contributed by atoms with van der Waals surface area (Å²) in [6.07, 6.45) is 3.56. The Kier molecular flexibility index (Phi) is 7.20. The van der Waals surface area contributed by atoms with E-state index in [0.29, 0.717) is 11.8 Å². The molecule has 3 rings (SSSR count). The highest BCUT2D eigenvalue weighted by molar-refractivity contribution is 7.99. The maximum Gasteiger partial charge on any atom is 0.232 e. The molecule has 0 bridgehead atoms. The molecule has 2 aliphatic heterocycles. The van der Waals surface area contributed by atoms with Crippen molar-refractivity contribution >= 4 is 41.0 Å². The van der Waals surface area contributed by atoms with E-state index in [1.165, 1.54) is 5.56 Å². The minimum absolute atomic E-state index is 0.237. The molecular weight excluding hydrogens is 362 g/mol. The summed E-state index contributed by atoms with van der Waals surface area (Å²) in [7, 11) is 0. The number of amides is 1. The van der Waals surface area contributed by atoms with Crippen molar-refractivity contribution in [2.24, 2.45) is 0 Å². The lowest BCUT2D eigenvalue weighted by atomic mass is 10.1. The standard InChI is InChI=1S/C18H24ClNO2S2/c19-15-5-3-14(4-6-15)11-24-13-18(21)20(16-7-9-23-12-16)10-17-2-1-8-22-17/h3-6,16-17H,1-2,7-13H2. The van der Waals surface area contributed by atoms with Crippen molar-refractivity contribution in [3.05, 3.63) is 34.9 Å². The Morgan fingerprint density at radius 3 is 2.83 bits per heavy atom. The van der Waals surface area contributed by atoms with E-state index in [4.69, 9.17) is 16.3 Å². The van der Waals surface area contributed by atoms with Gasteiger partial charge in [0.2, 0.25) is 5.91 Å². The Morgan fingerprint density at radius 1 is 1.33 bits per heavy atom. The zero-order chi connectivity index (χ0) is 16.8. The maximum atomic E-state index is 12.8. The number of hydrogen-bond acceptors (Lipinski definition) is 4. The van der Waals surface area contributed by atoms with Crippen LogP contribution in [0, 0.1) is 0 Å². The summed E-state index contributed by atoms with van der Waals surface area (Å²) < 4.78 is 5.76. The van der Waals surface area contributed by atoms with Crippen molar-refractivity contribution in [1.82, 2.24) is 4.90 Å². The highest BCUT2D eigenvalue weighted by Gasteiger charge is 2.30. The Hall–Kier alpha value is -0.360. The summed E-state index contributed by atoms with van der Waals surface area (Å²) in [6.45, 7) is 1.61. The predicted molar refractivity (Wildman–Crippen MR) is 104 cm³/mol. The molecule has 6 heteroatoms. The summed E-state index contributed by atoms with van der Waals surface area (Å²) in [4.78, 5) is 14.9. The number of carbonyl (C=O) groups is 1. The van der Waals surface area contributed by atoms with Gasteiger partial charge in [0.05, 0.1) is 11.9 Å². The van der Waals surface area contributed by atoms with Gasteiger partial charge in [0.15, 0.2) is 0 Å². The Labute approximate surface area is 157 Å². The highest BCUT2D eigenvalue weighted by atomic mass is 35.5. The van der Waals surface area contributed by atoms with Gasteiger partial charge in [-0.05, 0) is 42.7 Å². The van der Waals surface area contributed by atoms with Crippen molar-refractivity contribution in [2.45, 2.75) is 37.2 Å². The van der Waals surface area contributed by atoms with Crippen molar-refractivity contribution in [1.29, 1.82) is 0 Å². The molecule has 1 aromatic carbocycles.